The van der Waals surface area contributed by atoms with Crippen molar-refractivity contribution in [3.8, 4) is 11.1 Å². The van der Waals surface area contributed by atoms with Gasteiger partial charge in [0.2, 0.25) is 0 Å². The van der Waals surface area contributed by atoms with Gasteiger partial charge in [0.1, 0.15) is 26.0 Å². The number of aromatic nitrogens is 1. The zero-order valence-corrected chi connectivity index (χ0v) is 36.4. The molecule has 6 heteroatoms. The smallest absolute Gasteiger partial charge is 0.169 e. The summed E-state index contributed by atoms with van der Waals surface area (Å²) in [5.41, 5.74) is 9.66. The van der Waals surface area contributed by atoms with Crippen molar-refractivity contribution in [2.24, 2.45) is 9.98 Å². The maximum Gasteiger partial charge on any atom is 0.169 e. The molecule has 0 N–H and O–H groups in total. The van der Waals surface area contributed by atoms with Crippen molar-refractivity contribution in [3.63, 3.8) is 0 Å². The minimum atomic E-state index is -2.72. The molecule has 300 valence electrons. The highest BCUT2D eigenvalue weighted by Gasteiger charge is 2.26. The summed E-state index contributed by atoms with van der Waals surface area (Å²) in [5.74, 6) is 0.658. The molecule has 64 heavy (non-hydrogen) atoms. The van der Waals surface area contributed by atoms with Gasteiger partial charge in [-0.25, -0.2) is 9.98 Å². The van der Waals surface area contributed by atoms with Crippen LogP contribution in [0.5, 0.6) is 0 Å². The summed E-state index contributed by atoms with van der Waals surface area (Å²) >= 11 is -2.72. The molecule has 14 rings (SSSR count). The standard InChI is InChI=1S/C58H34IN3O2/c1-59-56(47-22-11-21-45-43-18-8-9-23-50(43)64-55(45)47)60-57(40-25-24-34-12-2-3-14-36(34)30-40)61-58(59)62-49-32-38-16-5-4-15-37(38)31-48(49)44-20-10-19-42(54(44)62)39-26-28-46-52(33-39)63-51-29-27-35-13-6-7-17-41(35)53(46)51/h2-33H,1H2. The summed E-state index contributed by atoms with van der Waals surface area (Å²) in [4.78, 5) is 11.2. The third-order valence-corrected chi connectivity index (χ3v) is 16.9. The van der Waals surface area contributed by atoms with E-state index in [1.165, 1.54) is 21.5 Å². The lowest BCUT2D eigenvalue weighted by molar-refractivity contribution is 0.668. The normalized spacial score (nSPS) is 13.8. The van der Waals surface area contributed by atoms with Crippen molar-refractivity contribution in [2.45, 2.75) is 0 Å². The molecule has 0 saturated carbocycles. The Labute approximate surface area is 372 Å². The lowest BCUT2D eigenvalue weighted by atomic mass is 9.99. The van der Waals surface area contributed by atoms with Crippen LogP contribution in [0.2, 0.25) is 0 Å². The monoisotopic (exact) mass is 931 g/mol. The molecule has 0 aliphatic carbocycles. The van der Waals surface area contributed by atoms with Crippen molar-refractivity contribution in [1.82, 2.24) is 4.57 Å². The molecule has 0 fully saturated rings. The molecule has 1 aliphatic rings. The van der Waals surface area contributed by atoms with Crippen LogP contribution in [-0.2, 0) is 0 Å². The topological polar surface area (TPSA) is 55.9 Å². The SMILES string of the molecule is C=I1=C(c2cccc3c2oc2ccccc23)N=C(c2ccc3ccccc3c2)N=C1n1c2cc3ccccc3cc2c2cccc(-c3ccc4c(c3)oc3ccc5ccccc5c34)c21. The Morgan fingerprint density at radius 2 is 1.09 bits per heavy atom. The maximum atomic E-state index is 6.71. The molecule has 10 aromatic carbocycles. The van der Waals surface area contributed by atoms with Crippen molar-refractivity contribution in [1.29, 1.82) is 0 Å². The summed E-state index contributed by atoms with van der Waals surface area (Å²) in [7, 11) is 0. The summed E-state index contributed by atoms with van der Waals surface area (Å²) in [6.45, 7) is 0. The number of benzene rings is 10. The van der Waals surface area contributed by atoms with Gasteiger partial charge < -0.3 is 8.83 Å². The number of rotatable bonds is 3. The van der Waals surface area contributed by atoms with Crippen LogP contribution in [0, 0.1) is 0 Å². The van der Waals surface area contributed by atoms with Crippen LogP contribution >= 0.6 is 18.9 Å². The highest BCUT2D eigenvalue weighted by molar-refractivity contribution is 14.2. The van der Waals surface area contributed by atoms with Gasteiger partial charge in [0.25, 0.3) is 0 Å². The van der Waals surface area contributed by atoms with E-state index in [0.717, 1.165) is 106 Å². The zero-order valence-electron chi connectivity index (χ0n) is 34.2. The summed E-state index contributed by atoms with van der Waals surface area (Å²) < 4.78 is 22.8. The molecular formula is C58H34IN3O2. The predicted octanol–water partition coefficient (Wildman–Crippen LogP) is 15.5. The van der Waals surface area contributed by atoms with Gasteiger partial charge in [-0.15, -0.1) is 0 Å². The Bertz CT molecular complexity index is 4340. The fourth-order valence-corrected chi connectivity index (χ4v) is 13.7. The van der Waals surface area contributed by atoms with Crippen molar-refractivity contribution in [2.75, 3.05) is 0 Å². The van der Waals surface area contributed by atoms with Crippen LogP contribution < -0.4 is 0 Å². The van der Waals surface area contributed by atoms with Crippen LogP contribution in [0.15, 0.2) is 213 Å². The second-order valence-corrected chi connectivity index (χ2v) is 20.6. The molecule has 0 radical (unpaired) electrons. The fraction of sp³-hybridized carbons (Fsp3) is 0. The highest BCUT2D eigenvalue weighted by Crippen LogP contribution is 2.44. The molecule has 4 heterocycles. The van der Waals surface area contributed by atoms with Crippen LogP contribution in [0.3, 0.4) is 0 Å². The van der Waals surface area contributed by atoms with Gasteiger partial charge in [-0.3, -0.25) is 4.57 Å². The number of amidine groups is 1. The third-order valence-electron chi connectivity index (χ3n) is 13.0. The van der Waals surface area contributed by atoms with Crippen LogP contribution in [0.1, 0.15) is 11.1 Å². The Morgan fingerprint density at radius 3 is 1.95 bits per heavy atom. The minimum absolute atomic E-state index is 0.658. The van der Waals surface area contributed by atoms with E-state index in [1.807, 2.05) is 12.1 Å². The van der Waals surface area contributed by atoms with E-state index < -0.39 is 18.9 Å². The van der Waals surface area contributed by atoms with E-state index in [9.17, 15) is 0 Å². The Morgan fingerprint density at radius 1 is 0.422 bits per heavy atom. The first-order valence-corrected chi connectivity index (χ1v) is 25.0. The molecule has 13 aromatic rings. The molecule has 3 aromatic heterocycles. The van der Waals surface area contributed by atoms with Gasteiger partial charge >= 0.3 is 0 Å². The van der Waals surface area contributed by atoms with Gasteiger partial charge in [0.15, 0.2) is 9.68 Å². The van der Waals surface area contributed by atoms with E-state index in [-0.39, 0.29) is 0 Å². The molecule has 0 bridgehead atoms. The van der Waals surface area contributed by atoms with Crippen LogP contribution in [0.4, 0.5) is 0 Å². The second kappa shape index (κ2) is 13.6. The number of para-hydroxylation sites is 3. The molecular weight excluding hydrogens is 898 g/mol. The predicted molar refractivity (Wildman–Crippen MR) is 279 cm³/mol. The van der Waals surface area contributed by atoms with Crippen LogP contribution in [-0.4, -0.2) is 22.4 Å². The lowest BCUT2D eigenvalue weighted by Crippen LogP contribution is -2.17. The first-order chi connectivity index (χ1) is 31.6. The zero-order chi connectivity index (χ0) is 42.0. The second-order valence-electron chi connectivity index (χ2n) is 16.5. The maximum absolute atomic E-state index is 6.71. The average Bonchev–Trinajstić information content (AvgIpc) is 4.02. The Kier molecular flexibility index (Phi) is 7.59. The molecule has 0 unspecified atom stereocenters. The molecule has 1 aliphatic heterocycles. The van der Waals surface area contributed by atoms with Crippen molar-refractivity contribution >= 4 is 135 Å². The van der Waals surface area contributed by atoms with E-state index in [2.05, 4.69) is 187 Å². The molecule has 0 saturated heterocycles. The van der Waals surface area contributed by atoms with Gasteiger partial charge in [-0.1, -0.05) is 169 Å². The number of fused-ring (bicyclic) bond motifs is 13. The summed E-state index contributed by atoms with van der Waals surface area (Å²) in [5, 5.41) is 13.8. The lowest BCUT2D eigenvalue weighted by Gasteiger charge is -2.19. The highest BCUT2D eigenvalue weighted by atomic mass is 127. The van der Waals surface area contributed by atoms with Crippen molar-refractivity contribution in [3.05, 3.63) is 205 Å². The summed E-state index contributed by atoms with van der Waals surface area (Å²) in [6, 6.07) is 69.0. The minimum Gasteiger partial charge on any atom is -0.456 e. The van der Waals surface area contributed by atoms with E-state index in [4.69, 9.17) is 23.3 Å². The van der Waals surface area contributed by atoms with Crippen LogP contribution in [0.25, 0.3) is 109 Å². The number of aliphatic imine (C=N–C) groups is 2. The van der Waals surface area contributed by atoms with E-state index in [1.54, 1.807) is 0 Å². The quantitative estimate of drug-likeness (QED) is 0.166. The first kappa shape index (κ1) is 35.8. The number of furan rings is 2. The van der Waals surface area contributed by atoms with E-state index in [0.29, 0.717) is 5.84 Å². The average molecular weight is 932 g/mol. The Balaban J connectivity index is 1.08. The number of hydrogen-bond acceptors (Lipinski definition) is 4. The van der Waals surface area contributed by atoms with Gasteiger partial charge in [0, 0.05) is 49.0 Å². The molecule has 0 amide bonds. The molecule has 0 spiro atoms. The molecule has 0 atom stereocenters. The number of hydrogen-bond donors (Lipinski definition) is 0. The third kappa shape index (κ3) is 5.23. The van der Waals surface area contributed by atoms with Gasteiger partial charge in [-0.05, 0) is 86.4 Å². The van der Waals surface area contributed by atoms with E-state index >= 15 is 0 Å². The fourth-order valence-electron chi connectivity index (χ4n) is 9.98. The van der Waals surface area contributed by atoms with Crippen molar-refractivity contribution < 1.29 is 8.83 Å². The largest absolute Gasteiger partial charge is 0.456 e. The number of nitrogens with zero attached hydrogens (tertiary/aromatic N) is 3. The number of halogens is 1. The molecule has 5 nitrogen and oxygen atoms in total. The van der Waals surface area contributed by atoms with Gasteiger partial charge in [-0.2, -0.15) is 0 Å². The van der Waals surface area contributed by atoms with Gasteiger partial charge in [0.05, 0.1) is 11.0 Å². The Hall–Kier alpha value is -7.81. The first-order valence-electron chi connectivity index (χ1n) is 21.4. The summed E-state index contributed by atoms with van der Waals surface area (Å²) in [6.07, 6.45) is 0.